The third kappa shape index (κ3) is 7.33. The van der Waals surface area contributed by atoms with E-state index < -0.39 is 0 Å². The van der Waals surface area contributed by atoms with Crippen molar-refractivity contribution in [2.24, 2.45) is 0 Å². The van der Waals surface area contributed by atoms with E-state index in [4.69, 9.17) is 0 Å². The molecule has 1 rings (SSSR count). The van der Waals surface area contributed by atoms with Crippen LogP contribution in [0.4, 0.5) is 0 Å². The summed E-state index contributed by atoms with van der Waals surface area (Å²) in [6.07, 6.45) is 1.77. The van der Waals surface area contributed by atoms with Crippen molar-refractivity contribution in [3.63, 3.8) is 0 Å². The molecular formula is C17H30N4OS. The summed E-state index contributed by atoms with van der Waals surface area (Å²) >= 11 is 1.54. The number of pyridine rings is 1. The lowest BCUT2D eigenvalue weighted by molar-refractivity contribution is -0.121. The zero-order chi connectivity index (χ0) is 17.1. The lowest BCUT2D eigenvalue weighted by atomic mass is 10.3. The molecule has 0 aliphatic heterocycles. The van der Waals surface area contributed by atoms with Crippen LogP contribution in [0.25, 0.3) is 0 Å². The van der Waals surface area contributed by atoms with E-state index in [9.17, 15) is 4.79 Å². The summed E-state index contributed by atoms with van der Waals surface area (Å²) in [6, 6.07) is 5.80. The Morgan fingerprint density at radius 1 is 1.13 bits per heavy atom. The highest BCUT2D eigenvalue weighted by atomic mass is 32.2. The minimum absolute atomic E-state index is 0.0828. The SMILES string of the molecule is CCN(CC)CNC(=O)C(CN(CC)CC)Sc1ccccn1. The molecule has 0 radical (unpaired) electrons. The van der Waals surface area contributed by atoms with E-state index in [1.165, 1.54) is 11.8 Å². The van der Waals surface area contributed by atoms with Crippen molar-refractivity contribution in [1.29, 1.82) is 0 Å². The molecular weight excluding hydrogens is 308 g/mol. The number of hydrogen-bond acceptors (Lipinski definition) is 5. The van der Waals surface area contributed by atoms with Gasteiger partial charge in [0.15, 0.2) is 0 Å². The van der Waals surface area contributed by atoms with Crippen LogP contribution >= 0.6 is 11.8 Å². The predicted octanol–water partition coefficient (Wildman–Crippen LogP) is 2.30. The van der Waals surface area contributed by atoms with Crippen LogP contribution in [0.3, 0.4) is 0 Å². The number of amides is 1. The Labute approximate surface area is 144 Å². The molecule has 0 fully saturated rings. The van der Waals surface area contributed by atoms with Crippen LogP contribution in [-0.2, 0) is 4.79 Å². The van der Waals surface area contributed by atoms with E-state index in [1.54, 1.807) is 6.20 Å². The van der Waals surface area contributed by atoms with Gasteiger partial charge >= 0.3 is 0 Å². The smallest absolute Gasteiger partial charge is 0.235 e. The summed E-state index contributed by atoms with van der Waals surface area (Å²) in [4.78, 5) is 21.4. The largest absolute Gasteiger partial charge is 0.342 e. The van der Waals surface area contributed by atoms with E-state index in [1.807, 2.05) is 18.2 Å². The Balaban J connectivity index is 2.70. The second-order valence-corrected chi connectivity index (χ2v) is 6.49. The van der Waals surface area contributed by atoms with Crippen molar-refractivity contribution in [2.45, 2.75) is 38.0 Å². The van der Waals surface area contributed by atoms with E-state index in [0.29, 0.717) is 6.67 Å². The van der Waals surface area contributed by atoms with Crippen LogP contribution < -0.4 is 5.32 Å². The van der Waals surface area contributed by atoms with E-state index >= 15 is 0 Å². The second-order valence-electron chi connectivity index (χ2n) is 5.26. The highest BCUT2D eigenvalue weighted by Gasteiger charge is 2.22. The lowest BCUT2D eigenvalue weighted by Gasteiger charge is -2.25. The molecule has 1 aromatic rings. The third-order valence-corrected chi connectivity index (χ3v) is 5.01. The first kappa shape index (κ1) is 19.9. The maximum Gasteiger partial charge on any atom is 0.235 e. The summed E-state index contributed by atoms with van der Waals surface area (Å²) in [5.74, 6) is 0.0828. The topological polar surface area (TPSA) is 48.5 Å². The molecule has 0 aliphatic rings. The molecule has 130 valence electrons. The van der Waals surface area contributed by atoms with Gasteiger partial charge in [-0.05, 0) is 38.3 Å². The number of rotatable bonds is 11. The number of nitrogens with zero attached hydrogens (tertiary/aromatic N) is 3. The van der Waals surface area contributed by atoms with E-state index in [2.05, 4.69) is 47.8 Å². The zero-order valence-electron chi connectivity index (χ0n) is 14.8. The Morgan fingerprint density at radius 2 is 1.78 bits per heavy atom. The Hall–Kier alpha value is -1.11. The summed E-state index contributed by atoms with van der Waals surface area (Å²) in [6.45, 7) is 13.5. The quantitative estimate of drug-likeness (QED) is 0.495. The van der Waals surface area contributed by atoms with Gasteiger partial charge in [0.25, 0.3) is 0 Å². The molecule has 5 nitrogen and oxygen atoms in total. The van der Waals surface area contributed by atoms with Crippen LogP contribution in [0.5, 0.6) is 0 Å². The van der Waals surface area contributed by atoms with Crippen molar-refractivity contribution in [1.82, 2.24) is 20.1 Å². The molecule has 6 heteroatoms. The standard InChI is InChI=1S/C17H30N4OS/c1-5-20(6-2)13-15(23-16-11-9-10-12-18-16)17(22)19-14-21(7-3)8-4/h9-12,15H,5-8,13-14H2,1-4H3,(H,19,22). The maximum absolute atomic E-state index is 12.6. The highest BCUT2D eigenvalue weighted by molar-refractivity contribution is 8.00. The zero-order valence-corrected chi connectivity index (χ0v) is 15.6. The molecule has 1 amide bonds. The summed E-state index contributed by atoms with van der Waals surface area (Å²) in [7, 11) is 0. The molecule has 0 saturated heterocycles. The Morgan fingerprint density at radius 3 is 2.30 bits per heavy atom. The average molecular weight is 339 g/mol. The van der Waals surface area contributed by atoms with Crippen molar-refractivity contribution >= 4 is 17.7 Å². The van der Waals surface area contributed by atoms with Gasteiger partial charge in [0.05, 0.1) is 11.7 Å². The number of nitrogens with one attached hydrogen (secondary N) is 1. The molecule has 1 heterocycles. The van der Waals surface area contributed by atoms with Crippen LogP contribution in [0.2, 0.25) is 0 Å². The first-order valence-electron chi connectivity index (χ1n) is 8.44. The van der Waals surface area contributed by atoms with Gasteiger partial charge in [-0.1, -0.05) is 45.5 Å². The molecule has 1 unspecified atom stereocenters. The summed E-state index contributed by atoms with van der Waals surface area (Å²) in [5.41, 5.74) is 0. The van der Waals surface area contributed by atoms with Crippen molar-refractivity contribution < 1.29 is 4.79 Å². The first-order valence-corrected chi connectivity index (χ1v) is 9.32. The first-order chi connectivity index (χ1) is 11.1. The Bertz CT molecular complexity index is 435. The molecule has 1 N–H and O–H groups in total. The normalized spacial score (nSPS) is 12.6. The Kier molecular flexibility index (Phi) is 9.91. The van der Waals surface area contributed by atoms with Crippen LogP contribution in [-0.4, -0.2) is 65.3 Å². The highest BCUT2D eigenvalue weighted by Crippen LogP contribution is 2.22. The average Bonchev–Trinajstić information content (AvgIpc) is 2.60. The molecule has 0 aliphatic carbocycles. The van der Waals surface area contributed by atoms with Gasteiger partial charge in [0, 0.05) is 12.7 Å². The van der Waals surface area contributed by atoms with Gasteiger partial charge in [-0.15, -0.1) is 0 Å². The molecule has 23 heavy (non-hydrogen) atoms. The predicted molar refractivity (Wildman–Crippen MR) is 97.6 cm³/mol. The second kappa shape index (κ2) is 11.4. The van der Waals surface area contributed by atoms with E-state index in [0.717, 1.165) is 37.7 Å². The molecule has 0 aromatic carbocycles. The van der Waals surface area contributed by atoms with Crippen molar-refractivity contribution in [3.05, 3.63) is 24.4 Å². The fraction of sp³-hybridized carbons (Fsp3) is 0.647. The molecule has 1 aromatic heterocycles. The number of thioether (sulfide) groups is 1. The van der Waals surface area contributed by atoms with Crippen molar-refractivity contribution in [2.75, 3.05) is 39.4 Å². The minimum atomic E-state index is -0.152. The van der Waals surface area contributed by atoms with Gasteiger partial charge in [0.1, 0.15) is 5.25 Å². The fourth-order valence-corrected chi connectivity index (χ4v) is 3.25. The van der Waals surface area contributed by atoms with Gasteiger partial charge in [-0.3, -0.25) is 9.69 Å². The third-order valence-electron chi connectivity index (χ3n) is 3.88. The molecule has 1 atom stereocenters. The number of aromatic nitrogens is 1. The number of carbonyl (C=O) groups excluding carboxylic acids is 1. The van der Waals surface area contributed by atoms with Crippen LogP contribution in [0.1, 0.15) is 27.7 Å². The molecule has 0 spiro atoms. The lowest BCUT2D eigenvalue weighted by Crippen LogP contribution is -2.45. The minimum Gasteiger partial charge on any atom is -0.342 e. The number of carbonyl (C=O) groups is 1. The fourth-order valence-electron chi connectivity index (χ4n) is 2.20. The van der Waals surface area contributed by atoms with Crippen LogP contribution in [0, 0.1) is 0 Å². The van der Waals surface area contributed by atoms with Gasteiger partial charge in [-0.25, -0.2) is 4.98 Å². The molecule has 0 saturated carbocycles. The van der Waals surface area contributed by atoms with Crippen molar-refractivity contribution in [3.8, 4) is 0 Å². The van der Waals surface area contributed by atoms with Gasteiger partial charge in [0.2, 0.25) is 5.91 Å². The summed E-state index contributed by atoms with van der Waals surface area (Å²) < 4.78 is 0. The number of hydrogen-bond donors (Lipinski definition) is 1. The molecule has 0 bridgehead atoms. The van der Waals surface area contributed by atoms with Gasteiger partial charge in [-0.2, -0.15) is 0 Å². The maximum atomic E-state index is 12.6. The van der Waals surface area contributed by atoms with Crippen LogP contribution in [0.15, 0.2) is 29.4 Å². The van der Waals surface area contributed by atoms with Gasteiger partial charge < -0.3 is 10.2 Å². The summed E-state index contributed by atoms with van der Waals surface area (Å²) in [5, 5.41) is 3.81. The monoisotopic (exact) mass is 338 g/mol. The van der Waals surface area contributed by atoms with E-state index in [-0.39, 0.29) is 11.2 Å².